The molecule has 13 heavy (non-hydrogen) atoms. The Kier molecular flexibility index (Phi) is 2.24. The molecule has 0 aliphatic carbocycles. The summed E-state index contributed by atoms with van der Waals surface area (Å²) in [6.07, 6.45) is -0.198. The van der Waals surface area contributed by atoms with Gasteiger partial charge >= 0.3 is 0 Å². The Morgan fingerprint density at radius 1 is 1.54 bits per heavy atom. The molecule has 0 aromatic rings. The lowest BCUT2D eigenvalue weighted by Crippen LogP contribution is -2.55. The van der Waals surface area contributed by atoms with E-state index < -0.39 is 6.17 Å². The zero-order valence-corrected chi connectivity index (χ0v) is 7.70. The van der Waals surface area contributed by atoms with Crippen LogP contribution in [-0.2, 0) is 9.53 Å². The average Bonchev–Trinajstić information content (AvgIpc) is 2.44. The van der Waals surface area contributed by atoms with E-state index >= 15 is 0 Å². The Balaban J connectivity index is 1.89. The van der Waals surface area contributed by atoms with Crippen molar-refractivity contribution in [1.82, 2.24) is 4.90 Å². The van der Waals surface area contributed by atoms with Gasteiger partial charge < -0.3 is 9.64 Å². The van der Waals surface area contributed by atoms with Crippen LogP contribution in [0.5, 0.6) is 0 Å². The quantitative estimate of drug-likeness (QED) is 0.601. The Morgan fingerprint density at radius 3 is 2.69 bits per heavy atom. The number of amides is 1. The number of carbonyl (C=O) groups excluding carboxylic acids is 1. The molecule has 0 saturated carbocycles. The molecule has 3 nitrogen and oxygen atoms in total. The molecule has 0 spiro atoms. The molecule has 2 fully saturated rings. The van der Waals surface area contributed by atoms with Crippen molar-refractivity contribution in [2.45, 2.75) is 25.6 Å². The fraction of sp³-hybridized carbons (Fsp3) is 0.889. The summed E-state index contributed by atoms with van der Waals surface area (Å²) >= 11 is 0. The third-order valence-electron chi connectivity index (χ3n) is 2.78. The van der Waals surface area contributed by atoms with E-state index in [1.54, 1.807) is 0 Å². The summed E-state index contributed by atoms with van der Waals surface area (Å²) in [5.74, 6) is 0.255. The Bertz CT molecular complexity index is 216. The highest BCUT2D eigenvalue weighted by atomic mass is 19.1. The fourth-order valence-electron chi connectivity index (χ4n) is 1.80. The lowest BCUT2D eigenvalue weighted by molar-refractivity contribution is -0.149. The van der Waals surface area contributed by atoms with Gasteiger partial charge in [0.1, 0.15) is 12.3 Å². The molecule has 2 saturated heterocycles. The summed E-state index contributed by atoms with van der Waals surface area (Å²) < 4.78 is 17.8. The molecule has 2 aliphatic rings. The molecule has 0 aromatic carbocycles. The van der Waals surface area contributed by atoms with Gasteiger partial charge in [-0.05, 0) is 12.3 Å². The predicted octanol–water partition coefficient (Wildman–Crippen LogP) is 0.592. The van der Waals surface area contributed by atoms with Crippen LogP contribution in [0.4, 0.5) is 4.39 Å². The SMILES string of the molecule is CC1CCOC1C(=O)N1CC(F)C1. The van der Waals surface area contributed by atoms with Crippen molar-refractivity contribution < 1.29 is 13.9 Å². The largest absolute Gasteiger partial charge is 0.368 e. The molecule has 2 rings (SSSR count). The van der Waals surface area contributed by atoms with E-state index in [0.717, 1.165) is 6.42 Å². The molecule has 0 bridgehead atoms. The van der Waals surface area contributed by atoms with Crippen molar-refractivity contribution in [2.24, 2.45) is 5.92 Å². The summed E-state index contributed by atoms with van der Waals surface area (Å²) in [5.41, 5.74) is 0. The van der Waals surface area contributed by atoms with Crippen LogP contribution >= 0.6 is 0 Å². The zero-order chi connectivity index (χ0) is 9.42. The van der Waals surface area contributed by atoms with Crippen LogP contribution in [0.1, 0.15) is 13.3 Å². The van der Waals surface area contributed by atoms with Gasteiger partial charge in [-0.2, -0.15) is 0 Å². The van der Waals surface area contributed by atoms with E-state index in [1.165, 1.54) is 4.90 Å². The summed E-state index contributed by atoms with van der Waals surface area (Å²) in [6.45, 7) is 3.17. The van der Waals surface area contributed by atoms with Gasteiger partial charge in [-0.25, -0.2) is 4.39 Å². The normalized spacial score (nSPS) is 34.8. The topological polar surface area (TPSA) is 29.5 Å². The lowest BCUT2D eigenvalue weighted by atomic mass is 10.0. The molecule has 2 heterocycles. The second kappa shape index (κ2) is 3.25. The zero-order valence-electron chi connectivity index (χ0n) is 7.70. The van der Waals surface area contributed by atoms with Crippen LogP contribution in [0.25, 0.3) is 0 Å². The standard InChI is InChI=1S/C9H14FNO2/c1-6-2-3-13-8(6)9(12)11-4-7(10)5-11/h6-8H,2-5H2,1H3. The van der Waals surface area contributed by atoms with Gasteiger partial charge in [-0.15, -0.1) is 0 Å². The van der Waals surface area contributed by atoms with Crippen molar-refractivity contribution in [2.75, 3.05) is 19.7 Å². The van der Waals surface area contributed by atoms with Crippen LogP contribution in [0.2, 0.25) is 0 Å². The molecule has 1 amide bonds. The van der Waals surface area contributed by atoms with Gasteiger partial charge in [0, 0.05) is 6.61 Å². The summed E-state index contributed by atoms with van der Waals surface area (Å²) in [6, 6.07) is 0. The number of nitrogens with zero attached hydrogens (tertiary/aromatic N) is 1. The van der Waals surface area contributed by atoms with Gasteiger partial charge in [0.05, 0.1) is 13.1 Å². The monoisotopic (exact) mass is 187 g/mol. The average molecular weight is 187 g/mol. The van der Waals surface area contributed by atoms with Gasteiger partial charge in [0.2, 0.25) is 0 Å². The molecule has 0 aromatic heterocycles. The molecule has 2 aliphatic heterocycles. The number of hydrogen-bond acceptors (Lipinski definition) is 2. The third kappa shape index (κ3) is 1.55. The Hall–Kier alpha value is -0.640. The van der Waals surface area contributed by atoms with Crippen molar-refractivity contribution in [3.63, 3.8) is 0 Å². The molecule has 0 N–H and O–H groups in total. The Labute approximate surface area is 76.8 Å². The summed E-state index contributed by atoms with van der Waals surface area (Å²) in [5, 5.41) is 0. The maximum absolute atomic E-state index is 12.5. The van der Waals surface area contributed by atoms with Crippen molar-refractivity contribution >= 4 is 5.91 Å². The number of hydrogen-bond donors (Lipinski definition) is 0. The van der Waals surface area contributed by atoms with E-state index in [-0.39, 0.29) is 31.0 Å². The first-order valence-corrected chi connectivity index (χ1v) is 4.73. The van der Waals surface area contributed by atoms with Gasteiger partial charge in [-0.3, -0.25) is 4.79 Å². The minimum absolute atomic E-state index is 0.0288. The fourth-order valence-corrected chi connectivity index (χ4v) is 1.80. The van der Waals surface area contributed by atoms with E-state index in [2.05, 4.69) is 0 Å². The highest BCUT2D eigenvalue weighted by Crippen LogP contribution is 2.24. The van der Waals surface area contributed by atoms with E-state index in [0.29, 0.717) is 6.61 Å². The van der Waals surface area contributed by atoms with Crippen LogP contribution in [0, 0.1) is 5.92 Å². The second-order valence-electron chi connectivity index (χ2n) is 3.90. The minimum atomic E-state index is -0.819. The molecule has 74 valence electrons. The van der Waals surface area contributed by atoms with Gasteiger partial charge in [0.25, 0.3) is 5.91 Å². The molecule has 0 radical (unpaired) electrons. The van der Waals surface area contributed by atoms with Crippen molar-refractivity contribution in [3.8, 4) is 0 Å². The molecular formula is C9H14FNO2. The van der Waals surface area contributed by atoms with Crippen LogP contribution in [0.15, 0.2) is 0 Å². The van der Waals surface area contributed by atoms with Gasteiger partial charge in [-0.1, -0.05) is 6.92 Å². The summed E-state index contributed by atoms with van der Waals surface area (Å²) in [4.78, 5) is 13.2. The summed E-state index contributed by atoms with van der Waals surface area (Å²) in [7, 11) is 0. The maximum Gasteiger partial charge on any atom is 0.252 e. The highest BCUT2D eigenvalue weighted by molar-refractivity contribution is 5.82. The predicted molar refractivity (Wildman–Crippen MR) is 45.0 cm³/mol. The smallest absolute Gasteiger partial charge is 0.252 e. The van der Waals surface area contributed by atoms with Crippen LogP contribution in [-0.4, -0.2) is 42.8 Å². The first kappa shape index (κ1) is 8.94. The third-order valence-corrected chi connectivity index (χ3v) is 2.78. The van der Waals surface area contributed by atoms with Gasteiger partial charge in [0.15, 0.2) is 0 Å². The number of alkyl halides is 1. The van der Waals surface area contributed by atoms with E-state index in [4.69, 9.17) is 4.74 Å². The van der Waals surface area contributed by atoms with E-state index in [9.17, 15) is 9.18 Å². The number of likely N-dealkylation sites (tertiary alicyclic amines) is 1. The number of rotatable bonds is 1. The minimum Gasteiger partial charge on any atom is -0.368 e. The van der Waals surface area contributed by atoms with Crippen molar-refractivity contribution in [3.05, 3.63) is 0 Å². The molecular weight excluding hydrogens is 173 g/mol. The lowest BCUT2D eigenvalue weighted by Gasteiger charge is -2.36. The van der Waals surface area contributed by atoms with E-state index in [1.807, 2.05) is 6.92 Å². The Morgan fingerprint density at radius 2 is 2.23 bits per heavy atom. The van der Waals surface area contributed by atoms with Crippen molar-refractivity contribution in [1.29, 1.82) is 0 Å². The molecule has 2 unspecified atom stereocenters. The molecule has 4 heteroatoms. The van der Waals surface area contributed by atoms with Crippen LogP contribution < -0.4 is 0 Å². The number of carbonyl (C=O) groups is 1. The maximum atomic E-state index is 12.5. The second-order valence-corrected chi connectivity index (χ2v) is 3.90. The number of ether oxygens (including phenoxy) is 1. The number of halogens is 1. The first-order valence-electron chi connectivity index (χ1n) is 4.73. The highest BCUT2D eigenvalue weighted by Gasteiger charge is 2.39. The molecule has 2 atom stereocenters. The first-order chi connectivity index (χ1) is 6.18. The van der Waals surface area contributed by atoms with Crippen LogP contribution in [0.3, 0.4) is 0 Å².